The van der Waals surface area contributed by atoms with E-state index in [1.165, 1.54) is 23.1 Å². The second-order valence-corrected chi connectivity index (χ2v) is 8.52. The number of hydrogen-bond acceptors (Lipinski definition) is 3. The van der Waals surface area contributed by atoms with E-state index in [0.29, 0.717) is 17.8 Å². The zero-order chi connectivity index (χ0) is 16.6. The van der Waals surface area contributed by atoms with Gasteiger partial charge >= 0.3 is 0 Å². The molecule has 4 aliphatic carbocycles. The highest BCUT2D eigenvalue weighted by molar-refractivity contribution is 5.91. The molecule has 0 spiro atoms. The number of aliphatic hydroxyl groups is 2. The SMILES string of the molecule is COc1cc2c(c3c1C=C3)[C@H]1CC[C@]3(C)[C@@H](O)[C@@H](O)C[C@H]3[C@@H]1CC2. The van der Waals surface area contributed by atoms with Crippen LogP contribution in [0.4, 0.5) is 0 Å². The molecule has 1 aromatic rings. The monoisotopic (exact) mass is 326 g/mol. The number of methoxy groups -OCH3 is 1. The van der Waals surface area contributed by atoms with Crippen molar-refractivity contribution in [3.63, 3.8) is 0 Å². The van der Waals surface area contributed by atoms with Gasteiger partial charge in [0, 0.05) is 5.56 Å². The van der Waals surface area contributed by atoms with Crippen LogP contribution in [0.25, 0.3) is 12.2 Å². The molecule has 0 aliphatic heterocycles. The van der Waals surface area contributed by atoms with Crippen molar-refractivity contribution in [1.29, 1.82) is 0 Å². The maximum absolute atomic E-state index is 10.5. The van der Waals surface area contributed by atoms with E-state index < -0.39 is 12.2 Å². The molecule has 24 heavy (non-hydrogen) atoms. The second-order valence-electron chi connectivity index (χ2n) is 8.52. The summed E-state index contributed by atoms with van der Waals surface area (Å²) < 4.78 is 5.58. The molecule has 1 aromatic carbocycles. The van der Waals surface area contributed by atoms with Crippen molar-refractivity contribution in [3.8, 4) is 5.75 Å². The van der Waals surface area contributed by atoms with Crippen LogP contribution in [0.1, 0.15) is 60.8 Å². The van der Waals surface area contributed by atoms with Crippen LogP contribution in [0.5, 0.6) is 5.75 Å². The number of hydrogen-bond donors (Lipinski definition) is 2. The Labute approximate surface area is 143 Å². The first-order chi connectivity index (χ1) is 11.5. The van der Waals surface area contributed by atoms with Crippen molar-refractivity contribution in [2.45, 2.75) is 57.2 Å². The fourth-order valence-electron chi connectivity index (χ4n) is 6.36. The largest absolute Gasteiger partial charge is 0.496 e. The Kier molecular flexibility index (Phi) is 3.03. The third kappa shape index (κ3) is 1.70. The number of benzene rings is 1. The average Bonchev–Trinajstić information content (AvgIpc) is 2.78. The molecule has 128 valence electrons. The molecular weight excluding hydrogens is 300 g/mol. The molecule has 0 bridgehead atoms. The number of aliphatic hydroxyl groups excluding tert-OH is 2. The summed E-state index contributed by atoms with van der Waals surface area (Å²) in [6.45, 7) is 2.20. The van der Waals surface area contributed by atoms with Crippen molar-refractivity contribution in [3.05, 3.63) is 28.3 Å². The topological polar surface area (TPSA) is 49.7 Å². The van der Waals surface area contributed by atoms with E-state index in [-0.39, 0.29) is 5.41 Å². The van der Waals surface area contributed by atoms with Gasteiger partial charge < -0.3 is 14.9 Å². The van der Waals surface area contributed by atoms with Crippen LogP contribution >= 0.6 is 0 Å². The summed E-state index contributed by atoms with van der Waals surface area (Å²) in [5.74, 6) is 2.62. The van der Waals surface area contributed by atoms with Crippen molar-refractivity contribution in [1.82, 2.24) is 0 Å². The summed E-state index contributed by atoms with van der Waals surface area (Å²) in [5.41, 5.74) is 5.55. The maximum Gasteiger partial charge on any atom is 0.126 e. The van der Waals surface area contributed by atoms with E-state index in [1.54, 1.807) is 12.7 Å². The Morgan fingerprint density at radius 1 is 1.17 bits per heavy atom. The molecule has 2 N–H and O–H groups in total. The lowest BCUT2D eigenvalue weighted by Crippen LogP contribution is -2.45. The van der Waals surface area contributed by atoms with Gasteiger partial charge in [0.25, 0.3) is 0 Å². The number of ether oxygens (including phenoxy) is 1. The standard InChI is InChI=1S/C21H26O3/c1-21-8-7-15-12(16(21)10-17(22)20(21)23)4-3-11-9-18(24-2)13-5-6-14(13)19(11)15/h5-6,9,12,15-17,20,22-23H,3-4,7-8,10H2,1-2H3/t12-,15+,16+,17+,20+,21+/m1/s1. The normalized spacial score (nSPS) is 41.8. The second kappa shape index (κ2) is 4.86. The quantitative estimate of drug-likeness (QED) is 0.845. The lowest BCUT2D eigenvalue weighted by molar-refractivity contribution is -0.0505. The van der Waals surface area contributed by atoms with Crippen molar-refractivity contribution >= 4 is 12.2 Å². The molecule has 0 heterocycles. The first-order valence-corrected chi connectivity index (χ1v) is 9.32. The Morgan fingerprint density at radius 2 is 1.96 bits per heavy atom. The van der Waals surface area contributed by atoms with Crippen LogP contribution < -0.4 is 4.74 Å². The highest BCUT2D eigenvalue weighted by Crippen LogP contribution is 2.62. The summed E-state index contributed by atoms with van der Waals surface area (Å²) in [6.07, 6.45) is 8.47. The van der Waals surface area contributed by atoms with Crippen LogP contribution in [-0.4, -0.2) is 29.5 Å². The van der Waals surface area contributed by atoms with Crippen LogP contribution in [-0.2, 0) is 6.42 Å². The molecule has 2 fully saturated rings. The van der Waals surface area contributed by atoms with Gasteiger partial charge in [-0.05, 0) is 78.0 Å². The highest BCUT2D eigenvalue weighted by Gasteiger charge is 2.58. The summed E-state index contributed by atoms with van der Waals surface area (Å²) in [6, 6.07) is 2.25. The maximum atomic E-state index is 10.5. The third-order valence-electron chi connectivity index (χ3n) is 7.66. The Balaban J connectivity index is 1.58. The Morgan fingerprint density at radius 3 is 2.67 bits per heavy atom. The molecule has 0 saturated heterocycles. The number of rotatable bonds is 1. The van der Waals surface area contributed by atoms with Gasteiger partial charge in [-0.1, -0.05) is 19.1 Å². The molecule has 0 unspecified atom stereocenters. The van der Waals surface area contributed by atoms with E-state index >= 15 is 0 Å². The van der Waals surface area contributed by atoms with Gasteiger partial charge in [-0.15, -0.1) is 0 Å². The minimum atomic E-state index is -0.552. The van der Waals surface area contributed by atoms with Gasteiger partial charge in [0.1, 0.15) is 5.75 Å². The minimum Gasteiger partial charge on any atom is -0.496 e. The van der Waals surface area contributed by atoms with Gasteiger partial charge in [-0.25, -0.2) is 0 Å². The van der Waals surface area contributed by atoms with Crippen molar-refractivity contribution < 1.29 is 14.9 Å². The summed E-state index contributed by atoms with van der Waals surface area (Å²) in [5, 5.41) is 20.8. The van der Waals surface area contributed by atoms with Crippen LogP contribution in [0.2, 0.25) is 0 Å². The van der Waals surface area contributed by atoms with Crippen LogP contribution in [0.3, 0.4) is 0 Å². The Bertz CT molecular complexity index is 737. The third-order valence-corrected chi connectivity index (χ3v) is 7.66. The average molecular weight is 326 g/mol. The zero-order valence-corrected chi connectivity index (χ0v) is 14.5. The van der Waals surface area contributed by atoms with E-state index in [1.807, 2.05) is 0 Å². The predicted octanol–water partition coefficient (Wildman–Crippen LogP) is 3.37. The van der Waals surface area contributed by atoms with E-state index in [0.717, 1.165) is 31.4 Å². The highest BCUT2D eigenvalue weighted by atomic mass is 16.5. The van der Waals surface area contributed by atoms with E-state index in [4.69, 9.17) is 4.74 Å². The zero-order valence-electron chi connectivity index (χ0n) is 14.5. The summed E-state index contributed by atoms with van der Waals surface area (Å²) in [4.78, 5) is 0. The van der Waals surface area contributed by atoms with Gasteiger partial charge in [0.05, 0.1) is 19.3 Å². The first kappa shape index (κ1) is 15.0. The summed E-state index contributed by atoms with van der Waals surface area (Å²) in [7, 11) is 1.76. The van der Waals surface area contributed by atoms with Gasteiger partial charge in [0.2, 0.25) is 0 Å². The smallest absolute Gasteiger partial charge is 0.126 e. The molecule has 3 heteroatoms. The fourth-order valence-corrected chi connectivity index (χ4v) is 6.36. The van der Waals surface area contributed by atoms with Crippen LogP contribution in [0, 0.1) is 17.3 Å². The predicted molar refractivity (Wildman–Crippen MR) is 93.9 cm³/mol. The number of fused-ring (bicyclic) bond motifs is 7. The lowest BCUT2D eigenvalue weighted by Gasteiger charge is -2.50. The molecule has 6 atom stereocenters. The molecule has 0 amide bonds. The fraction of sp³-hybridized carbons (Fsp3) is 0.619. The van der Waals surface area contributed by atoms with Gasteiger partial charge in [-0.3, -0.25) is 0 Å². The van der Waals surface area contributed by atoms with Gasteiger partial charge in [0.15, 0.2) is 0 Å². The van der Waals surface area contributed by atoms with E-state index in [9.17, 15) is 10.2 Å². The van der Waals surface area contributed by atoms with Crippen molar-refractivity contribution in [2.75, 3.05) is 7.11 Å². The van der Waals surface area contributed by atoms with Crippen molar-refractivity contribution in [2.24, 2.45) is 17.3 Å². The Hall–Kier alpha value is -1.32. The first-order valence-electron chi connectivity index (χ1n) is 9.32. The molecule has 0 aromatic heterocycles. The van der Waals surface area contributed by atoms with Crippen LogP contribution in [0.15, 0.2) is 6.07 Å². The van der Waals surface area contributed by atoms with Gasteiger partial charge in [-0.2, -0.15) is 0 Å². The molecule has 5 rings (SSSR count). The molecule has 2 saturated carbocycles. The molecule has 0 radical (unpaired) electrons. The lowest BCUT2D eigenvalue weighted by atomic mass is 9.54. The summed E-state index contributed by atoms with van der Waals surface area (Å²) >= 11 is 0. The molecule has 3 nitrogen and oxygen atoms in total. The molecular formula is C21H26O3. The molecule has 4 aliphatic rings. The van der Waals surface area contributed by atoms with E-state index in [2.05, 4.69) is 25.1 Å². The number of aryl methyl sites for hydroxylation is 1. The minimum absolute atomic E-state index is 0.104.